The summed E-state index contributed by atoms with van der Waals surface area (Å²) in [5.74, 6) is 0.0726. The lowest BCUT2D eigenvalue weighted by molar-refractivity contribution is -0.120. The minimum atomic E-state index is 0.0726. The number of amides is 1. The maximum atomic E-state index is 11.6. The lowest BCUT2D eigenvalue weighted by Crippen LogP contribution is -2.27. The van der Waals surface area contributed by atoms with E-state index in [1.165, 1.54) is 0 Å². The van der Waals surface area contributed by atoms with Crippen LogP contribution in [0.25, 0.3) is 0 Å². The molecule has 0 unspecified atom stereocenters. The van der Waals surface area contributed by atoms with Crippen LogP contribution in [0, 0.1) is 0 Å². The van der Waals surface area contributed by atoms with Crippen molar-refractivity contribution in [2.75, 3.05) is 6.54 Å². The fourth-order valence-electron chi connectivity index (χ4n) is 1.51. The Labute approximate surface area is 105 Å². The molecule has 0 atom stereocenters. The zero-order chi connectivity index (χ0) is 11.9. The van der Waals surface area contributed by atoms with Crippen LogP contribution in [0.15, 0.2) is 41.9 Å². The number of aromatic nitrogens is 1. The first-order chi connectivity index (χ1) is 8.34. The quantitative estimate of drug-likeness (QED) is 0.877. The van der Waals surface area contributed by atoms with Crippen LogP contribution in [-0.4, -0.2) is 17.4 Å². The summed E-state index contributed by atoms with van der Waals surface area (Å²) in [6.07, 6.45) is 3.01. The van der Waals surface area contributed by atoms with E-state index in [0.717, 1.165) is 17.0 Å². The van der Waals surface area contributed by atoms with Crippen molar-refractivity contribution in [2.24, 2.45) is 0 Å². The van der Waals surface area contributed by atoms with Crippen LogP contribution < -0.4 is 5.32 Å². The summed E-state index contributed by atoms with van der Waals surface area (Å²) in [6, 6.07) is 9.74. The third-order valence-corrected chi connectivity index (χ3v) is 3.22. The highest BCUT2D eigenvalue weighted by molar-refractivity contribution is 7.10. The van der Waals surface area contributed by atoms with Gasteiger partial charge in [-0.25, -0.2) is 0 Å². The van der Waals surface area contributed by atoms with E-state index in [0.29, 0.717) is 13.0 Å². The second-order valence-corrected chi connectivity index (χ2v) is 4.71. The summed E-state index contributed by atoms with van der Waals surface area (Å²) in [4.78, 5) is 16.9. The van der Waals surface area contributed by atoms with Gasteiger partial charge in [0.25, 0.3) is 0 Å². The molecule has 2 aromatic heterocycles. The molecular formula is C13H14N2OS. The number of thiophene rings is 1. The second-order valence-electron chi connectivity index (χ2n) is 3.68. The Morgan fingerprint density at radius 2 is 2.24 bits per heavy atom. The number of nitrogens with zero attached hydrogens (tertiary/aromatic N) is 1. The van der Waals surface area contributed by atoms with Gasteiger partial charge in [0.1, 0.15) is 0 Å². The third kappa shape index (κ3) is 4.00. The minimum Gasteiger partial charge on any atom is -0.355 e. The largest absolute Gasteiger partial charge is 0.355 e. The van der Waals surface area contributed by atoms with E-state index in [-0.39, 0.29) is 5.91 Å². The van der Waals surface area contributed by atoms with Crippen LogP contribution in [0.3, 0.4) is 0 Å². The Kier molecular flexibility index (Phi) is 4.27. The number of pyridine rings is 1. The molecule has 0 radical (unpaired) electrons. The second kappa shape index (κ2) is 6.15. The molecule has 3 nitrogen and oxygen atoms in total. The molecule has 0 saturated carbocycles. The molecule has 0 spiro atoms. The molecule has 2 rings (SSSR count). The Morgan fingerprint density at radius 1 is 1.29 bits per heavy atom. The number of nitrogens with one attached hydrogen (secondary N) is 1. The van der Waals surface area contributed by atoms with Crippen molar-refractivity contribution in [3.05, 3.63) is 52.5 Å². The van der Waals surface area contributed by atoms with Gasteiger partial charge in [0.15, 0.2) is 0 Å². The maximum absolute atomic E-state index is 11.6. The van der Waals surface area contributed by atoms with Crippen LogP contribution in [0.1, 0.15) is 10.6 Å². The van der Waals surface area contributed by atoms with Gasteiger partial charge in [-0.2, -0.15) is 0 Å². The summed E-state index contributed by atoms with van der Waals surface area (Å²) in [7, 11) is 0. The molecule has 0 fully saturated rings. The van der Waals surface area contributed by atoms with Gasteiger partial charge in [0, 0.05) is 29.7 Å². The molecule has 0 bridgehead atoms. The zero-order valence-electron chi connectivity index (χ0n) is 9.43. The molecule has 0 aliphatic carbocycles. The van der Waals surface area contributed by atoms with Gasteiger partial charge in [0.2, 0.25) is 5.91 Å². The van der Waals surface area contributed by atoms with Crippen molar-refractivity contribution >= 4 is 17.2 Å². The number of rotatable bonds is 5. The third-order valence-electron chi connectivity index (χ3n) is 2.34. The summed E-state index contributed by atoms with van der Waals surface area (Å²) in [5, 5.41) is 4.88. The van der Waals surface area contributed by atoms with Gasteiger partial charge >= 0.3 is 0 Å². The first-order valence-corrected chi connectivity index (χ1v) is 6.41. The molecule has 1 amide bonds. The Hall–Kier alpha value is -1.68. The predicted octanol–water partition coefficient (Wildman–Crippen LogP) is 2.04. The van der Waals surface area contributed by atoms with Crippen molar-refractivity contribution in [2.45, 2.75) is 12.8 Å². The van der Waals surface area contributed by atoms with Gasteiger partial charge in [0.05, 0.1) is 6.42 Å². The molecule has 1 N–H and O–H groups in total. The van der Waals surface area contributed by atoms with E-state index < -0.39 is 0 Å². The molecule has 0 aliphatic rings. The fraction of sp³-hybridized carbons (Fsp3) is 0.231. The normalized spacial score (nSPS) is 10.1. The van der Waals surface area contributed by atoms with E-state index in [1.807, 2.05) is 35.7 Å². The smallest absolute Gasteiger partial charge is 0.225 e. The Bertz CT molecular complexity index is 454. The van der Waals surface area contributed by atoms with Crippen molar-refractivity contribution in [1.82, 2.24) is 10.3 Å². The Balaban J connectivity index is 1.70. The molecule has 88 valence electrons. The van der Waals surface area contributed by atoms with E-state index in [1.54, 1.807) is 17.5 Å². The van der Waals surface area contributed by atoms with Crippen LogP contribution in [-0.2, 0) is 17.6 Å². The van der Waals surface area contributed by atoms with Crippen molar-refractivity contribution in [1.29, 1.82) is 0 Å². The standard InChI is InChI=1S/C13H14N2OS/c16-13(10-12-5-3-9-17-12)15-8-6-11-4-1-2-7-14-11/h1-5,7,9H,6,8,10H2,(H,15,16). The van der Waals surface area contributed by atoms with Crippen LogP contribution >= 0.6 is 11.3 Å². The maximum Gasteiger partial charge on any atom is 0.225 e. The van der Waals surface area contributed by atoms with Gasteiger partial charge in [-0.05, 0) is 23.6 Å². The topological polar surface area (TPSA) is 42.0 Å². The van der Waals surface area contributed by atoms with E-state index in [4.69, 9.17) is 0 Å². The molecule has 17 heavy (non-hydrogen) atoms. The SMILES string of the molecule is O=C(Cc1cccs1)NCCc1ccccn1. The van der Waals surface area contributed by atoms with E-state index in [9.17, 15) is 4.79 Å². The molecule has 2 heterocycles. The number of carbonyl (C=O) groups is 1. The predicted molar refractivity (Wildman–Crippen MR) is 69.0 cm³/mol. The van der Waals surface area contributed by atoms with Gasteiger partial charge in [-0.3, -0.25) is 9.78 Å². The van der Waals surface area contributed by atoms with Crippen LogP contribution in [0.2, 0.25) is 0 Å². The zero-order valence-corrected chi connectivity index (χ0v) is 10.2. The minimum absolute atomic E-state index is 0.0726. The fourth-order valence-corrected chi connectivity index (χ4v) is 2.21. The molecule has 4 heteroatoms. The van der Waals surface area contributed by atoms with Gasteiger partial charge in [-0.1, -0.05) is 12.1 Å². The first kappa shape index (κ1) is 11.8. The monoisotopic (exact) mass is 246 g/mol. The highest BCUT2D eigenvalue weighted by atomic mass is 32.1. The molecular weight excluding hydrogens is 232 g/mol. The highest BCUT2D eigenvalue weighted by Gasteiger charge is 2.03. The lowest BCUT2D eigenvalue weighted by Gasteiger charge is -2.03. The van der Waals surface area contributed by atoms with Gasteiger partial charge < -0.3 is 5.32 Å². The van der Waals surface area contributed by atoms with Crippen molar-refractivity contribution in [3.63, 3.8) is 0 Å². The van der Waals surface area contributed by atoms with Crippen molar-refractivity contribution in [3.8, 4) is 0 Å². The number of carbonyl (C=O) groups excluding carboxylic acids is 1. The van der Waals surface area contributed by atoms with Gasteiger partial charge in [-0.15, -0.1) is 11.3 Å². The summed E-state index contributed by atoms with van der Waals surface area (Å²) in [6.45, 7) is 0.640. The Morgan fingerprint density at radius 3 is 2.94 bits per heavy atom. The number of hydrogen-bond donors (Lipinski definition) is 1. The summed E-state index contributed by atoms with van der Waals surface area (Å²) >= 11 is 1.61. The average Bonchev–Trinajstić information content (AvgIpc) is 2.83. The average molecular weight is 246 g/mol. The van der Waals surface area contributed by atoms with Crippen LogP contribution in [0.4, 0.5) is 0 Å². The summed E-state index contributed by atoms with van der Waals surface area (Å²) < 4.78 is 0. The molecule has 0 aliphatic heterocycles. The summed E-state index contributed by atoms with van der Waals surface area (Å²) in [5.41, 5.74) is 1.00. The molecule has 2 aromatic rings. The molecule has 0 saturated heterocycles. The van der Waals surface area contributed by atoms with E-state index in [2.05, 4.69) is 10.3 Å². The molecule has 0 aromatic carbocycles. The van der Waals surface area contributed by atoms with Crippen LogP contribution in [0.5, 0.6) is 0 Å². The number of hydrogen-bond acceptors (Lipinski definition) is 3. The first-order valence-electron chi connectivity index (χ1n) is 5.53. The lowest BCUT2D eigenvalue weighted by atomic mass is 10.2. The van der Waals surface area contributed by atoms with Crippen molar-refractivity contribution < 1.29 is 4.79 Å². The van der Waals surface area contributed by atoms with E-state index >= 15 is 0 Å². The highest BCUT2D eigenvalue weighted by Crippen LogP contribution is 2.08.